The highest BCUT2D eigenvalue weighted by Crippen LogP contribution is 2.28. The first kappa shape index (κ1) is 17.7. The van der Waals surface area contributed by atoms with Crippen LogP contribution >= 0.6 is 0 Å². The SMILES string of the molecule is CCO[SiH](CCCc1ccc(OC=O)c(OC)c1)OCC. The highest BCUT2D eigenvalue weighted by atomic mass is 28.3. The zero-order chi connectivity index (χ0) is 15.5. The van der Waals surface area contributed by atoms with Crippen LogP contribution in [0.1, 0.15) is 25.8 Å². The second kappa shape index (κ2) is 10.4. The van der Waals surface area contributed by atoms with Gasteiger partial charge in [-0.2, -0.15) is 0 Å². The topological polar surface area (TPSA) is 54.0 Å². The largest absolute Gasteiger partial charge is 0.493 e. The van der Waals surface area contributed by atoms with Gasteiger partial charge in [0.05, 0.1) is 7.11 Å². The van der Waals surface area contributed by atoms with Gasteiger partial charge in [-0.15, -0.1) is 0 Å². The molecule has 0 aliphatic heterocycles. The Labute approximate surface area is 128 Å². The zero-order valence-electron chi connectivity index (χ0n) is 13.0. The third kappa shape index (κ3) is 6.28. The van der Waals surface area contributed by atoms with Crippen molar-refractivity contribution in [3.63, 3.8) is 0 Å². The van der Waals surface area contributed by atoms with Gasteiger partial charge < -0.3 is 18.3 Å². The minimum Gasteiger partial charge on any atom is -0.493 e. The van der Waals surface area contributed by atoms with Gasteiger partial charge in [0, 0.05) is 13.2 Å². The number of hydrogen-bond donors (Lipinski definition) is 0. The molecule has 0 saturated heterocycles. The van der Waals surface area contributed by atoms with E-state index in [0.29, 0.717) is 31.2 Å². The number of carbonyl (C=O) groups excluding carboxylic acids is 1. The normalized spacial score (nSPS) is 10.7. The molecule has 0 bridgehead atoms. The summed E-state index contributed by atoms with van der Waals surface area (Å²) in [6.07, 6.45) is 1.93. The van der Waals surface area contributed by atoms with Gasteiger partial charge in [-0.3, -0.25) is 4.79 Å². The van der Waals surface area contributed by atoms with Crippen molar-refractivity contribution >= 4 is 15.8 Å². The van der Waals surface area contributed by atoms with E-state index >= 15 is 0 Å². The van der Waals surface area contributed by atoms with Crippen LogP contribution in [0.3, 0.4) is 0 Å². The molecule has 0 amide bonds. The second-order valence-corrected chi connectivity index (χ2v) is 6.53. The van der Waals surface area contributed by atoms with Gasteiger partial charge in [-0.1, -0.05) is 6.07 Å². The van der Waals surface area contributed by atoms with E-state index in [0.717, 1.165) is 24.4 Å². The monoisotopic (exact) mass is 312 g/mol. The highest BCUT2D eigenvalue weighted by molar-refractivity contribution is 6.44. The molecule has 0 N–H and O–H groups in total. The number of carbonyl (C=O) groups is 1. The van der Waals surface area contributed by atoms with Gasteiger partial charge in [-0.25, -0.2) is 0 Å². The van der Waals surface area contributed by atoms with Crippen LogP contribution in [0.2, 0.25) is 6.04 Å². The van der Waals surface area contributed by atoms with Gasteiger partial charge >= 0.3 is 9.28 Å². The van der Waals surface area contributed by atoms with Gasteiger partial charge in [0.15, 0.2) is 11.5 Å². The van der Waals surface area contributed by atoms with Crippen molar-refractivity contribution < 1.29 is 23.1 Å². The molecule has 21 heavy (non-hydrogen) atoms. The summed E-state index contributed by atoms with van der Waals surface area (Å²) in [5, 5.41) is 0. The summed E-state index contributed by atoms with van der Waals surface area (Å²) in [4.78, 5) is 10.4. The standard InChI is InChI=1S/C15H24O5Si/c1-4-19-21(20-5-2)10-6-7-13-8-9-14(18-12-16)15(11-13)17-3/h8-9,11-12,21H,4-7,10H2,1-3H3. The Hall–Kier alpha value is -1.37. The maximum atomic E-state index is 10.4. The van der Waals surface area contributed by atoms with Gasteiger partial charge in [-0.05, 0) is 50.4 Å². The summed E-state index contributed by atoms with van der Waals surface area (Å²) in [6.45, 7) is 5.81. The predicted octanol–water partition coefficient (Wildman–Crippen LogP) is 2.46. The molecule has 1 aromatic carbocycles. The van der Waals surface area contributed by atoms with E-state index in [1.165, 1.54) is 0 Å². The van der Waals surface area contributed by atoms with Gasteiger partial charge in [0.2, 0.25) is 0 Å². The van der Waals surface area contributed by atoms with E-state index in [9.17, 15) is 4.79 Å². The van der Waals surface area contributed by atoms with Crippen LogP contribution in [-0.2, 0) is 20.1 Å². The molecule has 6 heteroatoms. The van der Waals surface area contributed by atoms with Crippen LogP contribution in [0.5, 0.6) is 11.5 Å². The molecule has 0 saturated carbocycles. The van der Waals surface area contributed by atoms with Crippen LogP contribution in [0.25, 0.3) is 0 Å². The Morgan fingerprint density at radius 1 is 1.14 bits per heavy atom. The molecule has 5 nitrogen and oxygen atoms in total. The van der Waals surface area contributed by atoms with Crippen LogP contribution in [0, 0.1) is 0 Å². The van der Waals surface area contributed by atoms with Crippen molar-refractivity contribution in [1.29, 1.82) is 0 Å². The summed E-state index contributed by atoms with van der Waals surface area (Å²) in [5.41, 5.74) is 1.14. The van der Waals surface area contributed by atoms with E-state index in [1.54, 1.807) is 13.2 Å². The smallest absolute Gasteiger partial charge is 0.321 e. The molecule has 0 aliphatic carbocycles. The average molecular weight is 312 g/mol. The quantitative estimate of drug-likeness (QED) is 0.464. The Bertz CT molecular complexity index is 419. The molecule has 118 valence electrons. The lowest BCUT2D eigenvalue weighted by atomic mass is 10.1. The van der Waals surface area contributed by atoms with E-state index in [2.05, 4.69) is 0 Å². The summed E-state index contributed by atoms with van der Waals surface area (Å²) in [7, 11) is 0.0416. The van der Waals surface area contributed by atoms with Crippen molar-refractivity contribution in [3.05, 3.63) is 23.8 Å². The zero-order valence-corrected chi connectivity index (χ0v) is 14.1. The second-order valence-electron chi connectivity index (χ2n) is 4.43. The van der Waals surface area contributed by atoms with Crippen molar-refractivity contribution in [1.82, 2.24) is 0 Å². The molecular weight excluding hydrogens is 288 g/mol. The Morgan fingerprint density at radius 3 is 2.43 bits per heavy atom. The Morgan fingerprint density at radius 2 is 1.86 bits per heavy atom. The first-order valence-corrected chi connectivity index (χ1v) is 9.01. The molecule has 0 fully saturated rings. The van der Waals surface area contributed by atoms with Crippen LogP contribution in [0.4, 0.5) is 0 Å². The first-order chi connectivity index (χ1) is 10.2. The Balaban J connectivity index is 2.52. The highest BCUT2D eigenvalue weighted by Gasteiger charge is 2.12. The summed E-state index contributed by atoms with van der Waals surface area (Å²) < 4.78 is 21.4. The van der Waals surface area contributed by atoms with Crippen molar-refractivity contribution in [2.24, 2.45) is 0 Å². The van der Waals surface area contributed by atoms with E-state index in [-0.39, 0.29) is 0 Å². The molecule has 0 spiro atoms. The average Bonchev–Trinajstić information content (AvgIpc) is 2.49. The van der Waals surface area contributed by atoms with E-state index in [1.807, 2.05) is 26.0 Å². The summed E-state index contributed by atoms with van der Waals surface area (Å²) >= 11 is 0. The third-order valence-corrected chi connectivity index (χ3v) is 5.30. The molecule has 0 atom stereocenters. The van der Waals surface area contributed by atoms with Crippen LogP contribution < -0.4 is 9.47 Å². The molecule has 0 unspecified atom stereocenters. The molecular formula is C15H24O5Si. The van der Waals surface area contributed by atoms with Crippen LogP contribution in [-0.4, -0.2) is 36.1 Å². The van der Waals surface area contributed by atoms with E-state index < -0.39 is 9.28 Å². The third-order valence-electron chi connectivity index (χ3n) is 3.01. The number of ether oxygens (including phenoxy) is 2. The minimum atomic E-state index is -1.52. The maximum absolute atomic E-state index is 10.4. The first-order valence-electron chi connectivity index (χ1n) is 7.25. The Kier molecular flexibility index (Phi) is 8.73. The molecule has 1 aromatic rings. The fourth-order valence-corrected chi connectivity index (χ4v) is 3.79. The van der Waals surface area contributed by atoms with Gasteiger partial charge in [0.25, 0.3) is 6.47 Å². The molecule has 1 rings (SSSR count). The maximum Gasteiger partial charge on any atom is 0.321 e. The minimum absolute atomic E-state index is 0.401. The lowest BCUT2D eigenvalue weighted by Crippen LogP contribution is -2.22. The summed E-state index contributed by atoms with van der Waals surface area (Å²) in [6, 6.07) is 6.58. The lowest BCUT2D eigenvalue weighted by molar-refractivity contribution is -0.120. The predicted molar refractivity (Wildman–Crippen MR) is 83.2 cm³/mol. The van der Waals surface area contributed by atoms with Crippen molar-refractivity contribution in [3.8, 4) is 11.5 Å². The number of hydrogen-bond acceptors (Lipinski definition) is 5. The summed E-state index contributed by atoms with van der Waals surface area (Å²) in [5.74, 6) is 1.01. The number of benzene rings is 1. The van der Waals surface area contributed by atoms with E-state index in [4.69, 9.17) is 18.3 Å². The van der Waals surface area contributed by atoms with Crippen molar-refractivity contribution in [2.45, 2.75) is 32.7 Å². The molecule has 0 aromatic heterocycles. The molecule has 0 heterocycles. The van der Waals surface area contributed by atoms with Gasteiger partial charge in [0.1, 0.15) is 0 Å². The molecule has 0 aliphatic rings. The number of rotatable bonds is 11. The lowest BCUT2D eigenvalue weighted by Gasteiger charge is -2.14. The fraction of sp³-hybridized carbons (Fsp3) is 0.533. The fourth-order valence-electron chi connectivity index (χ4n) is 2.08. The number of methoxy groups -OCH3 is 1. The van der Waals surface area contributed by atoms with Crippen molar-refractivity contribution in [2.75, 3.05) is 20.3 Å². The van der Waals surface area contributed by atoms with Crippen LogP contribution in [0.15, 0.2) is 18.2 Å². The molecule has 0 radical (unpaired) electrons. The number of aryl methyl sites for hydroxylation is 1.